The van der Waals surface area contributed by atoms with E-state index < -0.39 is 11.5 Å². The Bertz CT molecular complexity index is 648. The summed E-state index contributed by atoms with van der Waals surface area (Å²) in [6, 6.07) is 9.80. The molecule has 19 heavy (non-hydrogen) atoms. The van der Waals surface area contributed by atoms with Gasteiger partial charge in [0.25, 0.3) is 5.56 Å². The zero-order valence-corrected chi connectivity index (χ0v) is 11.3. The molecular weight excluding hydrogens is 314 g/mol. The molecule has 0 saturated carbocycles. The molecule has 0 bridgehead atoms. The smallest absolute Gasteiger partial charge is 0.337 e. The Labute approximate surface area is 117 Å². The number of hydrogen-bond acceptors (Lipinski definition) is 3. The Kier molecular flexibility index (Phi) is 4.01. The van der Waals surface area contributed by atoms with Crippen molar-refractivity contribution in [3.05, 3.63) is 68.5 Å². The predicted octanol–water partition coefficient (Wildman–Crippen LogP) is 1.94. The Hall–Kier alpha value is -2.08. The van der Waals surface area contributed by atoms with Gasteiger partial charge in [0.15, 0.2) is 0 Å². The van der Waals surface area contributed by atoms with E-state index in [1.807, 2.05) is 24.3 Å². The Morgan fingerprint density at radius 3 is 2.53 bits per heavy atom. The molecule has 0 radical (unpaired) electrons. The van der Waals surface area contributed by atoms with Crippen LogP contribution in [0.5, 0.6) is 0 Å². The van der Waals surface area contributed by atoms with Crippen LogP contribution in [-0.2, 0) is 6.61 Å². The molecule has 2 rings (SSSR count). The summed E-state index contributed by atoms with van der Waals surface area (Å²) >= 11 is 3.32. The molecule has 1 heterocycles. The van der Waals surface area contributed by atoms with Crippen LogP contribution in [0, 0.1) is 0 Å². The van der Waals surface area contributed by atoms with Gasteiger partial charge in [0.05, 0.1) is 11.8 Å². The molecule has 98 valence electrons. The lowest BCUT2D eigenvalue weighted by molar-refractivity contribution is 0.0674. The highest BCUT2D eigenvalue weighted by molar-refractivity contribution is 9.10. The molecule has 6 heteroatoms. The van der Waals surface area contributed by atoms with E-state index in [4.69, 9.17) is 9.94 Å². The van der Waals surface area contributed by atoms with Crippen LogP contribution in [0.1, 0.15) is 15.9 Å². The van der Waals surface area contributed by atoms with Crippen molar-refractivity contribution >= 4 is 21.9 Å². The molecule has 1 N–H and O–H groups in total. The minimum absolute atomic E-state index is 0.00425. The first kappa shape index (κ1) is 13.4. The van der Waals surface area contributed by atoms with Crippen molar-refractivity contribution in [3.8, 4) is 0 Å². The third kappa shape index (κ3) is 3.45. The van der Waals surface area contributed by atoms with Crippen molar-refractivity contribution in [2.75, 3.05) is 0 Å². The van der Waals surface area contributed by atoms with E-state index in [-0.39, 0.29) is 12.2 Å². The van der Waals surface area contributed by atoms with Crippen LogP contribution in [0.25, 0.3) is 0 Å². The lowest BCUT2D eigenvalue weighted by Crippen LogP contribution is -2.26. The highest BCUT2D eigenvalue weighted by Gasteiger charge is 2.06. The highest BCUT2D eigenvalue weighted by Crippen LogP contribution is 2.10. The molecule has 2 aromatic rings. The number of hydrogen-bond donors (Lipinski definition) is 1. The summed E-state index contributed by atoms with van der Waals surface area (Å²) in [7, 11) is 0. The van der Waals surface area contributed by atoms with Gasteiger partial charge in [0.2, 0.25) is 0 Å². The van der Waals surface area contributed by atoms with Crippen LogP contribution < -0.4 is 10.4 Å². The number of aromatic nitrogens is 1. The Balaban J connectivity index is 2.15. The monoisotopic (exact) mass is 323 g/mol. The zero-order chi connectivity index (χ0) is 13.8. The molecule has 0 saturated heterocycles. The average molecular weight is 324 g/mol. The average Bonchev–Trinajstić information content (AvgIpc) is 2.39. The second-order valence-corrected chi connectivity index (χ2v) is 4.70. The minimum Gasteiger partial charge on any atom is -0.478 e. The van der Waals surface area contributed by atoms with E-state index in [2.05, 4.69) is 15.9 Å². The molecule has 0 fully saturated rings. The van der Waals surface area contributed by atoms with Gasteiger partial charge in [0, 0.05) is 10.5 Å². The summed E-state index contributed by atoms with van der Waals surface area (Å²) in [6.07, 6.45) is 1.16. The summed E-state index contributed by atoms with van der Waals surface area (Å²) in [6.45, 7) is 0.177. The lowest BCUT2D eigenvalue weighted by atomic mass is 10.2. The van der Waals surface area contributed by atoms with Gasteiger partial charge in [-0.05, 0) is 23.8 Å². The van der Waals surface area contributed by atoms with Gasteiger partial charge >= 0.3 is 5.97 Å². The first-order valence-electron chi connectivity index (χ1n) is 5.40. The number of halogens is 1. The zero-order valence-electron chi connectivity index (χ0n) is 9.75. The highest BCUT2D eigenvalue weighted by atomic mass is 79.9. The number of carbonyl (C=O) groups is 1. The van der Waals surface area contributed by atoms with Gasteiger partial charge in [-0.15, -0.1) is 0 Å². The predicted molar refractivity (Wildman–Crippen MR) is 72.1 cm³/mol. The van der Waals surface area contributed by atoms with Crippen molar-refractivity contribution < 1.29 is 14.7 Å². The van der Waals surface area contributed by atoms with Crippen LogP contribution in [-0.4, -0.2) is 15.8 Å². The number of pyridine rings is 1. The summed E-state index contributed by atoms with van der Waals surface area (Å²) < 4.78 is 1.87. The minimum atomic E-state index is -1.11. The van der Waals surface area contributed by atoms with Crippen molar-refractivity contribution in [2.24, 2.45) is 0 Å². The van der Waals surface area contributed by atoms with E-state index in [0.29, 0.717) is 0 Å². The van der Waals surface area contributed by atoms with Crippen LogP contribution >= 0.6 is 15.9 Å². The molecule has 0 atom stereocenters. The van der Waals surface area contributed by atoms with Crippen molar-refractivity contribution in [2.45, 2.75) is 6.61 Å². The molecule has 0 unspecified atom stereocenters. The van der Waals surface area contributed by atoms with Gasteiger partial charge in [-0.3, -0.25) is 4.79 Å². The maximum atomic E-state index is 11.5. The number of carboxylic acids is 1. The van der Waals surface area contributed by atoms with Crippen LogP contribution in [0.4, 0.5) is 0 Å². The van der Waals surface area contributed by atoms with Crippen LogP contribution in [0.2, 0.25) is 0 Å². The van der Waals surface area contributed by atoms with Crippen molar-refractivity contribution in [1.82, 2.24) is 4.73 Å². The van der Waals surface area contributed by atoms with E-state index in [1.54, 1.807) is 0 Å². The fourth-order valence-corrected chi connectivity index (χ4v) is 1.68. The summed E-state index contributed by atoms with van der Waals surface area (Å²) in [5, 5.41) is 8.84. The molecule has 0 amide bonds. The van der Waals surface area contributed by atoms with Gasteiger partial charge in [0.1, 0.15) is 6.61 Å². The maximum absolute atomic E-state index is 11.5. The van der Waals surface area contributed by atoms with E-state index in [0.717, 1.165) is 27.0 Å². The quantitative estimate of drug-likeness (QED) is 0.933. The third-order valence-electron chi connectivity index (χ3n) is 2.41. The molecule has 0 spiro atoms. The summed E-state index contributed by atoms with van der Waals surface area (Å²) in [4.78, 5) is 27.6. The standard InChI is InChI=1S/C13H10BrNO4/c14-11-4-1-9(2-5-11)8-19-15-7-10(13(17)18)3-6-12(15)16/h1-7H,8H2,(H,17,18). The van der Waals surface area contributed by atoms with Gasteiger partial charge < -0.3 is 9.94 Å². The first-order chi connectivity index (χ1) is 9.06. The maximum Gasteiger partial charge on any atom is 0.337 e. The van der Waals surface area contributed by atoms with E-state index in [9.17, 15) is 9.59 Å². The Morgan fingerprint density at radius 1 is 1.21 bits per heavy atom. The molecular formula is C13H10BrNO4. The molecule has 0 aliphatic heterocycles. The van der Waals surface area contributed by atoms with Crippen LogP contribution in [0.15, 0.2) is 51.9 Å². The largest absolute Gasteiger partial charge is 0.478 e. The lowest BCUT2D eigenvalue weighted by Gasteiger charge is -2.08. The van der Waals surface area contributed by atoms with Crippen molar-refractivity contribution in [1.29, 1.82) is 0 Å². The second kappa shape index (κ2) is 5.71. The van der Waals surface area contributed by atoms with E-state index >= 15 is 0 Å². The van der Waals surface area contributed by atoms with Gasteiger partial charge in [-0.2, -0.15) is 4.73 Å². The summed E-state index contributed by atoms with van der Waals surface area (Å²) in [5.74, 6) is -1.11. The SMILES string of the molecule is O=C(O)c1ccc(=O)n(OCc2ccc(Br)cc2)c1. The Morgan fingerprint density at radius 2 is 1.89 bits per heavy atom. The number of aromatic carboxylic acids is 1. The fraction of sp³-hybridized carbons (Fsp3) is 0.0769. The van der Waals surface area contributed by atoms with Crippen LogP contribution in [0.3, 0.4) is 0 Å². The molecule has 1 aromatic carbocycles. The second-order valence-electron chi connectivity index (χ2n) is 3.79. The molecule has 1 aromatic heterocycles. The van der Waals surface area contributed by atoms with Gasteiger partial charge in [-0.1, -0.05) is 28.1 Å². The summed E-state index contributed by atoms with van der Waals surface area (Å²) in [5.41, 5.74) is 0.452. The fourth-order valence-electron chi connectivity index (χ4n) is 1.42. The van der Waals surface area contributed by atoms with E-state index in [1.165, 1.54) is 6.07 Å². The first-order valence-corrected chi connectivity index (χ1v) is 6.19. The third-order valence-corrected chi connectivity index (χ3v) is 2.94. The number of rotatable bonds is 4. The number of benzene rings is 1. The molecule has 0 aliphatic rings. The normalized spacial score (nSPS) is 10.2. The van der Waals surface area contributed by atoms with Gasteiger partial charge in [-0.25, -0.2) is 4.79 Å². The molecule has 5 nitrogen and oxygen atoms in total. The molecule has 0 aliphatic carbocycles. The topological polar surface area (TPSA) is 68.5 Å². The number of carboxylic acid groups (broad SMARTS) is 1. The number of nitrogens with zero attached hydrogens (tertiary/aromatic N) is 1. The van der Waals surface area contributed by atoms with Crippen molar-refractivity contribution in [3.63, 3.8) is 0 Å².